The second-order valence-electron chi connectivity index (χ2n) is 5.08. The molecule has 15 heavy (non-hydrogen) atoms. The number of hydrogen-bond donors (Lipinski definition) is 0. The van der Waals surface area contributed by atoms with Crippen LogP contribution in [-0.2, 0) is 4.74 Å². The van der Waals surface area contributed by atoms with Gasteiger partial charge in [-0.3, -0.25) is 4.90 Å². The lowest BCUT2D eigenvalue weighted by Crippen LogP contribution is -2.51. The molecule has 1 atom stereocenters. The molecule has 1 fully saturated rings. The van der Waals surface area contributed by atoms with Gasteiger partial charge in [-0.1, -0.05) is 0 Å². The van der Waals surface area contributed by atoms with Crippen molar-refractivity contribution in [2.45, 2.75) is 25.5 Å². The van der Waals surface area contributed by atoms with Gasteiger partial charge in [0.05, 0.1) is 12.7 Å². The van der Waals surface area contributed by atoms with E-state index >= 15 is 0 Å². The van der Waals surface area contributed by atoms with E-state index in [1.165, 1.54) is 0 Å². The molecule has 0 aromatic rings. The van der Waals surface area contributed by atoms with Crippen molar-refractivity contribution in [3.05, 3.63) is 0 Å². The van der Waals surface area contributed by atoms with Crippen LogP contribution in [0.4, 0.5) is 0 Å². The molecule has 0 radical (unpaired) electrons. The Morgan fingerprint density at radius 1 is 1.53 bits per heavy atom. The number of nitrogens with zero attached hydrogens (tertiary/aromatic N) is 2. The number of morpholine rings is 1. The van der Waals surface area contributed by atoms with Crippen molar-refractivity contribution < 1.29 is 4.74 Å². The molecule has 90 valence electrons. The lowest BCUT2D eigenvalue weighted by atomic mass is 10.1. The van der Waals surface area contributed by atoms with E-state index in [0.29, 0.717) is 12.0 Å². The Kier molecular flexibility index (Phi) is 4.84. The van der Waals surface area contributed by atoms with Crippen LogP contribution in [0.25, 0.3) is 0 Å². The van der Waals surface area contributed by atoms with Gasteiger partial charge in [-0.2, -0.15) is 0 Å². The Balaban J connectivity index is 2.40. The van der Waals surface area contributed by atoms with Crippen LogP contribution in [0.1, 0.15) is 13.8 Å². The van der Waals surface area contributed by atoms with Crippen molar-refractivity contribution >= 4 is 11.6 Å². The third kappa shape index (κ3) is 3.91. The van der Waals surface area contributed by atoms with Gasteiger partial charge in [0, 0.05) is 31.1 Å². The van der Waals surface area contributed by atoms with Crippen LogP contribution < -0.4 is 0 Å². The molecule has 1 saturated heterocycles. The van der Waals surface area contributed by atoms with E-state index in [1.54, 1.807) is 0 Å². The third-order valence-corrected chi connectivity index (χ3v) is 3.83. The number of halogens is 1. The summed E-state index contributed by atoms with van der Waals surface area (Å²) in [6.07, 6.45) is 0.316. The van der Waals surface area contributed by atoms with Gasteiger partial charge in [0.25, 0.3) is 0 Å². The maximum atomic E-state index is 5.94. The predicted molar refractivity (Wildman–Crippen MR) is 64.7 cm³/mol. The highest BCUT2D eigenvalue weighted by Gasteiger charge is 2.26. The summed E-state index contributed by atoms with van der Waals surface area (Å²) < 4.78 is 5.73. The molecular formula is C11H23ClN2O. The second-order valence-corrected chi connectivity index (χ2v) is 5.35. The Morgan fingerprint density at radius 2 is 2.20 bits per heavy atom. The van der Waals surface area contributed by atoms with Gasteiger partial charge in [0.2, 0.25) is 0 Å². The van der Waals surface area contributed by atoms with E-state index in [1.807, 2.05) is 0 Å². The first-order chi connectivity index (χ1) is 6.95. The second kappa shape index (κ2) is 5.48. The average Bonchev–Trinajstić information content (AvgIpc) is 2.17. The standard InChI is InChI=1S/C11H23ClN2O/c1-11(2,9-12)14(4)8-10-7-13(3)5-6-15-10/h10H,5-9H2,1-4H3. The van der Waals surface area contributed by atoms with E-state index < -0.39 is 0 Å². The smallest absolute Gasteiger partial charge is 0.0829 e. The molecule has 1 aliphatic rings. The summed E-state index contributed by atoms with van der Waals surface area (Å²) in [6, 6.07) is 0. The number of ether oxygens (including phenoxy) is 1. The summed E-state index contributed by atoms with van der Waals surface area (Å²) in [5, 5.41) is 0. The summed E-state index contributed by atoms with van der Waals surface area (Å²) >= 11 is 5.94. The molecule has 1 unspecified atom stereocenters. The SMILES string of the molecule is CN1CCOC(CN(C)C(C)(C)CCl)C1. The highest BCUT2D eigenvalue weighted by molar-refractivity contribution is 6.18. The van der Waals surface area contributed by atoms with Crippen molar-refractivity contribution in [1.29, 1.82) is 0 Å². The molecule has 1 aliphatic heterocycles. The lowest BCUT2D eigenvalue weighted by Gasteiger charge is -2.38. The highest BCUT2D eigenvalue weighted by atomic mass is 35.5. The van der Waals surface area contributed by atoms with Gasteiger partial charge >= 0.3 is 0 Å². The van der Waals surface area contributed by atoms with Crippen LogP contribution in [0.3, 0.4) is 0 Å². The summed E-state index contributed by atoms with van der Waals surface area (Å²) in [5.41, 5.74) is 0.0426. The van der Waals surface area contributed by atoms with E-state index in [4.69, 9.17) is 16.3 Å². The fourth-order valence-corrected chi connectivity index (χ4v) is 1.84. The summed E-state index contributed by atoms with van der Waals surface area (Å²) in [7, 11) is 4.25. The molecule has 0 aromatic heterocycles. The van der Waals surface area contributed by atoms with E-state index in [9.17, 15) is 0 Å². The highest BCUT2D eigenvalue weighted by Crippen LogP contribution is 2.16. The Morgan fingerprint density at radius 3 is 2.73 bits per heavy atom. The minimum Gasteiger partial charge on any atom is -0.374 e. The number of rotatable bonds is 4. The molecule has 1 rings (SSSR count). The van der Waals surface area contributed by atoms with Crippen molar-refractivity contribution in [1.82, 2.24) is 9.80 Å². The van der Waals surface area contributed by atoms with E-state index in [-0.39, 0.29) is 5.54 Å². The van der Waals surface area contributed by atoms with Crippen LogP contribution in [0.5, 0.6) is 0 Å². The van der Waals surface area contributed by atoms with Crippen molar-refractivity contribution in [3.8, 4) is 0 Å². The van der Waals surface area contributed by atoms with Gasteiger partial charge in [-0.05, 0) is 27.9 Å². The third-order valence-electron chi connectivity index (χ3n) is 3.18. The van der Waals surface area contributed by atoms with Crippen LogP contribution in [-0.4, -0.2) is 67.7 Å². The van der Waals surface area contributed by atoms with Gasteiger partial charge in [-0.15, -0.1) is 11.6 Å². The first-order valence-electron chi connectivity index (χ1n) is 5.53. The first kappa shape index (κ1) is 13.2. The molecule has 0 bridgehead atoms. The van der Waals surface area contributed by atoms with Crippen LogP contribution in [0.2, 0.25) is 0 Å². The van der Waals surface area contributed by atoms with Crippen molar-refractivity contribution in [2.75, 3.05) is 46.2 Å². The monoisotopic (exact) mass is 234 g/mol. The quantitative estimate of drug-likeness (QED) is 0.682. The predicted octanol–water partition coefficient (Wildman–Crippen LogP) is 1.27. The normalized spacial score (nSPS) is 24.8. The van der Waals surface area contributed by atoms with Gasteiger partial charge in [-0.25, -0.2) is 0 Å². The Labute approximate surface area is 98.3 Å². The van der Waals surface area contributed by atoms with Gasteiger partial charge < -0.3 is 9.64 Å². The molecule has 0 aliphatic carbocycles. The fourth-order valence-electron chi connectivity index (χ4n) is 1.63. The molecular weight excluding hydrogens is 212 g/mol. The number of likely N-dealkylation sites (N-methyl/N-ethyl adjacent to an activating group) is 2. The Bertz CT molecular complexity index is 199. The molecule has 0 saturated carbocycles. The summed E-state index contributed by atoms with van der Waals surface area (Å²) in [5.74, 6) is 0.645. The summed E-state index contributed by atoms with van der Waals surface area (Å²) in [4.78, 5) is 4.60. The molecule has 0 N–H and O–H groups in total. The molecule has 0 spiro atoms. The van der Waals surface area contributed by atoms with E-state index in [2.05, 4.69) is 37.7 Å². The largest absolute Gasteiger partial charge is 0.374 e. The zero-order valence-corrected chi connectivity index (χ0v) is 11.0. The van der Waals surface area contributed by atoms with Crippen molar-refractivity contribution in [2.24, 2.45) is 0 Å². The maximum Gasteiger partial charge on any atom is 0.0829 e. The number of hydrogen-bond acceptors (Lipinski definition) is 3. The molecule has 3 nitrogen and oxygen atoms in total. The summed E-state index contributed by atoms with van der Waals surface area (Å²) in [6.45, 7) is 8.17. The van der Waals surface area contributed by atoms with Crippen LogP contribution in [0.15, 0.2) is 0 Å². The number of alkyl halides is 1. The molecule has 0 amide bonds. The zero-order valence-electron chi connectivity index (χ0n) is 10.3. The van der Waals surface area contributed by atoms with Crippen molar-refractivity contribution in [3.63, 3.8) is 0 Å². The van der Waals surface area contributed by atoms with E-state index in [0.717, 1.165) is 26.2 Å². The van der Waals surface area contributed by atoms with Gasteiger partial charge in [0.15, 0.2) is 0 Å². The lowest BCUT2D eigenvalue weighted by molar-refractivity contribution is -0.0425. The van der Waals surface area contributed by atoms with Gasteiger partial charge in [0.1, 0.15) is 0 Å². The molecule has 0 aromatic carbocycles. The Hall–Kier alpha value is 0.170. The minimum atomic E-state index is 0.0426. The average molecular weight is 235 g/mol. The zero-order chi connectivity index (χ0) is 11.5. The van der Waals surface area contributed by atoms with Crippen LogP contribution >= 0.6 is 11.6 Å². The maximum absolute atomic E-state index is 5.94. The van der Waals surface area contributed by atoms with Crippen LogP contribution in [0, 0.1) is 0 Å². The fraction of sp³-hybridized carbons (Fsp3) is 1.00. The molecule has 4 heteroatoms. The topological polar surface area (TPSA) is 15.7 Å². The first-order valence-corrected chi connectivity index (χ1v) is 6.06. The minimum absolute atomic E-state index is 0.0426. The molecule has 1 heterocycles.